The van der Waals surface area contributed by atoms with Crippen molar-refractivity contribution in [2.45, 2.75) is 13.8 Å². The van der Waals surface area contributed by atoms with Gasteiger partial charge in [-0.2, -0.15) is 9.64 Å². The van der Waals surface area contributed by atoms with E-state index in [1.54, 1.807) is 39.2 Å². The van der Waals surface area contributed by atoms with E-state index in [0.717, 1.165) is 17.2 Å². The number of nitriles is 1. The number of fused-ring (bicyclic) bond motifs is 2. The number of carbonyl (C=O) groups excluding carboxylic acids is 1. The number of hydrogen-bond acceptors (Lipinski definition) is 9. The van der Waals surface area contributed by atoms with Gasteiger partial charge in [0, 0.05) is 37.1 Å². The van der Waals surface area contributed by atoms with E-state index in [4.69, 9.17) is 0 Å². The van der Waals surface area contributed by atoms with Crippen LogP contribution in [0.4, 0.5) is 16.4 Å². The Kier molecular flexibility index (Phi) is 5.89. The Balaban J connectivity index is 1.94. The number of aromatic nitrogens is 2. The maximum absolute atomic E-state index is 12.7. The molecule has 0 atom stereocenters. The number of nitrogens with zero attached hydrogens (tertiary/aromatic N) is 6. The van der Waals surface area contributed by atoms with E-state index in [0.29, 0.717) is 50.3 Å². The first-order chi connectivity index (χ1) is 15.8. The molecule has 4 rings (SSSR count). The number of carbonyl (C=O) groups is 1. The van der Waals surface area contributed by atoms with Crippen molar-refractivity contribution in [1.82, 2.24) is 14.3 Å². The topological polar surface area (TPSA) is 127 Å². The molecule has 0 bridgehead atoms. The Morgan fingerprint density at radius 1 is 1.27 bits per heavy atom. The van der Waals surface area contributed by atoms with Crippen molar-refractivity contribution in [3.8, 4) is 11.8 Å². The smallest absolute Gasteiger partial charge is 0.257 e. The predicted molar refractivity (Wildman–Crippen MR) is 129 cm³/mol. The standard InChI is InChI=1S/C23H21N7O2S/c1-5-25-17-8-6-7-14-19(17)18(10-15(20(14)31)23(32)30(3)4)27-28-22-16-9-13(11-24)12(2)26-21(16)29-33-22/h6-10,25,31H,5H2,1-4H3. The van der Waals surface area contributed by atoms with Gasteiger partial charge in [0.2, 0.25) is 0 Å². The fourth-order valence-corrected chi connectivity index (χ4v) is 4.15. The highest BCUT2D eigenvalue weighted by atomic mass is 32.1. The van der Waals surface area contributed by atoms with E-state index in [9.17, 15) is 15.2 Å². The van der Waals surface area contributed by atoms with Crippen LogP contribution in [-0.4, -0.2) is 45.9 Å². The number of phenols is 1. The molecule has 9 nitrogen and oxygen atoms in total. The maximum atomic E-state index is 12.7. The zero-order valence-corrected chi connectivity index (χ0v) is 19.4. The van der Waals surface area contributed by atoms with Crippen LogP contribution in [0.5, 0.6) is 5.75 Å². The minimum absolute atomic E-state index is 0.107. The second kappa shape index (κ2) is 8.80. The number of benzene rings is 2. The highest BCUT2D eigenvalue weighted by molar-refractivity contribution is 7.11. The molecule has 2 heterocycles. The summed E-state index contributed by atoms with van der Waals surface area (Å²) < 4.78 is 4.31. The Morgan fingerprint density at radius 2 is 2.06 bits per heavy atom. The zero-order chi connectivity index (χ0) is 23.7. The molecular formula is C23H21N7O2S. The van der Waals surface area contributed by atoms with Crippen LogP contribution < -0.4 is 5.32 Å². The van der Waals surface area contributed by atoms with Crippen LogP contribution in [0.1, 0.15) is 28.5 Å². The van der Waals surface area contributed by atoms with Gasteiger partial charge in [-0.3, -0.25) is 4.79 Å². The first kappa shape index (κ1) is 22.1. The lowest BCUT2D eigenvalue weighted by Gasteiger charge is -2.16. The van der Waals surface area contributed by atoms with Gasteiger partial charge < -0.3 is 15.3 Å². The lowest BCUT2D eigenvalue weighted by atomic mass is 10.0. The minimum Gasteiger partial charge on any atom is -0.506 e. The van der Waals surface area contributed by atoms with Gasteiger partial charge in [-0.05, 0) is 43.6 Å². The minimum atomic E-state index is -0.346. The van der Waals surface area contributed by atoms with Crippen LogP contribution in [-0.2, 0) is 0 Å². The number of anilines is 1. The molecule has 10 heteroatoms. The van der Waals surface area contributed by atoms with Gasteiger partial charge in [-0.25, -0.2) is 4.98 Å². The van der Waals surface area contributed by atoms with Gasteiger partial charge in [0.05, 0.1) is 27.9 Å². The fraction of sp³-hybridized carbons (Fsp3) is 0.217. The highest BCUT2D eigenvalue weighted by Gasteiger charge is 2.20. The highest BCUT2D eigenvalue weighted by Crippen LogP contribution is 2.42. The molecule has 0 unspecified atom stereocenters. The number of azo groups is 1. The van der Waals surface area contributed by atoms with Crippen LogP contribution in [0, 0.1) is 18.3 Å². The number of nitrogens with one attached hydrogen (secondary N) is 1. The summed E-state index contributed by atoms with van der Waals surface area (Å²) >= 11 is 1.13. The number of aryl methyl sites for hydroxylation is 1. The average Bonchev–Trinajstić information content (AvgIpc) is 3.19. The summed E-state index contributed by atoms with van der Waals surface area (Å²) in [6, 6.07) is 10.8. The van der Waals surface area contributed by atoms with Crippen LogP contribution in [0.25, 0.3) is 21.8 Å². The van der Waals surface area contributed by atoms with Crippen LogP contribution in [0.2, 0.25) is 0 Å². The summed E-state index contributed by atoms with van der Waals surface area (Å²) in [5.41, 5.74) is 2.87. The normalized spacial score (nSPS) is 11.2. The largest absolute Gasteiger partial charge is 0.506 e. The molecule has 0 aliphatic heterocycles. The molecule has 33 heavy (non-hydrogen) atoms. The van der Waals surface area contributed by atoms with Crippen LogP contribution in [0.3, 0.4) is 0 Å². The molecule has 0 saturated heterocycles. The molecule has 0 radical (unpaired) electrons. The third-order valence-corrected chi connectivity index (χ3v) is 5.87. The fourth-order valence-electron chi connectivity index (χ4n) is 3.51. The number of rotatable bonds is 5. The van der Waals surface area contributed by atoms with Gasteiger partial charge >= 0.3 is 0 Å². The Morgan fingerprint density at radius 3 is 2.76 bits per heavy atom. The lowest BCUT2D eigenvalue weighted by molar-refractivity contribution is 0.0825. The molecule has 2 aromatic heterocycles. The van der Waals surface area contributed by atoms with Crippen molar-refractivity contribution in [3.63, 3.8) is 0 Å². The summed E-state index contributed by atoms with van der Waals surface area (Å²) in [6.07, 6.45) is 0. The third-order valence-electron chi connectivity index (χ3n) is 5.13. The molecular weight excluding hydrogens is 438 g/mol. The first-order valence-corrected chi connectivity index (χ1v) is 11.0. The van der Waals surface area contributed by atoms with Gasteiger partial charge in [0.15, 0.2) is 10.6 Å². The van der Waals surface area contributed by atoms with Gasteiger partial charge in [0.1, 0.15) is 11.8 Å². The molecule has 0 aliphatic carbocycles. The van der Waals surface area contributed by atoms with Crippen molar-refractivity contribution in [2.75, 3.05) is 26.0 Å². The van der Waals surface area contributed by atoms with Crippen molar-refractivity contribution in [2.24, 2.45) is 10.2 Å². The molecule has 1 amide bonds. The van der Waals surface area contributed by atoms with Crippen LogP contribution in [0.15, 0.2) is 40.6 Å². The molecule has 166 valence electrons. The summed E-state index contributed by atoms with van der Waals surface area (Å²) in [4.78, 5) is 18.5. The van der Waals surface area contributed by atoms with Crippen molar-refractivity contribution < 1.29 is 9.90 Å². The van der Waals surface area contributed by atoms with Gasteiger partial charge in [-0.1, -0.05) is 12.1 Å². The lowest BCUT2D eigenvalue weighted by Crippen LogP contribution is -2.21. The van der Waals surface area contributed by atoms with Gasteiger partial charge in [-0.15, -0.1) is 10.2 Å². The number of aromatic hydroxyl groups is 1. The molecule has 2 aromatic carbocycles. The molecule has 0 fully saturated rings. The number of hydrogen-bond donors (Lipinski definition) is 2. The van der Waals surface area contributed by atoms with E-state index < -0.39 is 0 Å². The quantitative estimate of drug-likeness (QED) is 0.391. The number of phenolic OH excluding ortho intramolecular Hbond substituents is 1. The van der Waals surface area contributed by atoms with E-state index in [-0.39, 0.29) is 17.2 Å². The molecule has 0 spiro atoms. The van der Waals surface area contributed by atoms with Crippen molar-refractivity contribution in [3.05, 3.63) is 47.2 Å². The Hall–Kier alpha value is -4.10. The second-order valence-corrected chi connectivity index (χ2v) is 8.29. The predicted octanol–water partition coefficient (Wildman–Crippen LogP) is 5.28. The maximum Gasteiger partial charge on any atom is 0.257 e. The first-order valence-electron chi connectivity index (χ1n) is 10.2. The van der Waals surface area contributed by atoms with E-state index >= 15 is 0 Å². The molecule has 0 aliphatic rings. The monoisotopic (exact) mass is 459 g/mol. The van der Waals surface area contributed by atoms with Crippen molar-refractivity contribution in [1.29, 1.82) is 5.26 Å². The molecule has 2 N–H and O–H groups in total. The van der Waals surface area contributed by atoms with E-state index in [1.165, 1.54) is 11.0 Å². The number of amides is 1. The van der Waals surface area contributed by atoms with E-state index in [1.807, 2.05) is 13.0 Å². The summed E-state index contributed by atoms with van der Waals surface area (Å²) in [6.45, 7) is 4.39. The Labute approximate surface area is 194 Å². The number of pyridine rings is 1. The summed E-state index contributed by atoms with van der Waals surface area (Å²) in [5, 5.41) is 34.6. The summed E-state index contributed by atoms with van der Waals surface area (Å²) in [5.74, 6) is -0.453. The SMILES string of the molecule is CCNc1cccc2c(O)c(C(=O)N(C)C)cc(N=Nc3snc4nc(C)c(C#N)cc34)c12. The molecule has 0 saturated carbocycles. The zero-order valence-electron chi connectivity index (χ0n) is 18.5. The summed E-state index contributed by atoms with van der Waals surface area (Å²) in [7, 11) is 3.24. The average molecular weight is 460 g/mol. The van der Waals surface area contributed by atoms with Crippen molar-refractivity contribution >= 4 is 55.6 Å². The van der Waals surface area contributed by atoms with Crippen LogP contribution >= 0.6 is 11.5 Å². The Bertz CT molecular complexity index is 1470. The van der Waals surface area contributed by atoms with Gasteiger partial charge in [0.25, 0.3) is 5.91 Å². The second-order valence-electron chi connectivity index (χ2n) is 7.54. The van der Waals surface area contributed by atoms with E-state index in [2.05, 4.69) is 31.0 Å². The molecule has 4 aromatic rings. The third kappa shape index (κ3) is 3.94.